The Morgan fingerprint density at radius 2 is 1.81 bits per heavy atom. The zero-order valence-electron chi connectivity index (χ0n) is 29.5. The molecular weight excluding hydrogens is 654 g/mol. The van der Waals surface area contributed by atoms with Crippen molar-refractivity contribution in [2.24, 2.45) is 17.8 Å². The van der Waals surface area contributed by atoms with Crippen LogP contribution in [0.4, 0.5) is 5.69 Å². The van der Waals surface area contributed by atoms with Crippen LogP contribution >= 0.6 is 0 Å². The van der Waals surface area contributed by atoms with Gasteiger partial charge in [0.1, 0.15) is 23.0 Å². The number of aromatic nitrogens is 3. The number of aromatic amines is 1. The molecule has 1 unspecified atom stereocenters. The summed E-state index contributed by atoms with van der Waals surface area (Å²) in [5.41, 5.74) is 7.17. The van der Waals surface area contributed by atoms with Gasteiger partial charge in [-0.1, -0.05) is 70.2 Å². The number of benzene rings is 3. The van der Waals surface area contributed by atoms with E-state index in [1.165, 1.54) is 0 Å². The van der Waals surface area contributed by atoms with E-state index >= 15 is 0 Å². The number of Topliss-reactive ketones (excluding diaryl/α,β-unsaturated/α-hetero) is 1. The highest BCUT2D eigenvalue weighted by Gasteiger charge is 2.61. The molecule has 0 aliphatic carbocycles. The minimum atomic E-state index is -0.995. The maximum absolute atomic E-state index is 14.3. The third-order valence-electron chi connectivity index (χ3n) is 11.8. The molecule has 10 bridgehead atoms. The lowest BCUT2D eigenvalue weighted by atomic mass is 9.72. The Morgan fingerprint density at radius 1 is 0.981 bits per heavy atom. The van der Waals surface area contributed by atoms with E-state index in [1.54, 1.807) is 6.20 Å². The van der Waals surface area contributed by atoms with Crippen LogP contribution in [0.25, 0.3) is 44.9 Å². The first-order valence-electron chi connectivity index (χ1n) is 18.4. The van der Waals surface area contributed by atoms with Crippen molar-refractivity contribution >= 4 is 28.3 Å². The number of carbonyl (C=O) groups is 2. The summed E-state index contributed by atoms with van der Waals surface area (Å²) in [6.45, 7) is 8.13. The van der Waals surface area contributed by atoms with Gasteiger partial charge in [-0.05, 0) is 48.4 Å². The lowest BCUT2D eigenvalue weighted by Crippen LogP contribution is -2.40. The minimum Gasteiger partial charge on any atom is -0.469 e. The van der Waals surface area contributed by atoms with Crippen LogP contribution in [0, 0.1) is 17.8 Å². The largest absolute Gasteiger partial charge is 0.469 e. The van der Waals surface area contributed by atoms with E-state index in [0.717, 1.165) is 62.8 Å². The third-order valence-corrected chi connectivity index (χ3v) is 11.8. The summed E-state index contributed by atoms with van der Waals surface area (Å²) >= 11 is 0. The Hall–Kier alpha value is -5.64. The smallest absolute Gasteiger partial charge is 0.249 e. The number of amides is 1. The molecule has 1 amide bonds. The standard InChI is InChI=1S/C42H39N5O5/c1-5-22(6-2)30(48)17-23-15-21-13-14-31-28(16-21)42-27-11-7-10-25(35(27)47-41(42)51-31)24-9-8-12-29-33(24)26(18-43-29)32-19-44-39(50-32)36-37(42)52-40(46-36)34(20(3)4)45-38(23)49/h7-14,16,18-20,22-23,34,41,43,47H,5-6,15,17H2,1-4H3,(H,45,49)/t23-,34+,41+,42?/m1/s1. The zero-order chi connectivity index (χ0) is 35.5. The van der Waals surface area contributed by atoms with Crippen LogP contribution in [-0.2, 0) is 21.4 Å². The average Bonchev–Trinajstić information content (AvgIpc) is 3.96. The molecule has 262 valence electrons. The molecule has 3 aromatic heterocycles. The molecular formula is C42H39N5O5. The SMILES string of the molecule is CCC(CC)C(=O)C[C@H]1Cc2ccc3c(c2)C24c5cccc(c5N[C@H]2O3)-c2cccc3[nH]cc(c23)-c2cnc(o2)-c2nc(oc24)[C@H](C(C)C)NC1=O. The van der Waals surface area contributed by atoms with Crippen molar-refractivity contribution in [1.82, 2.24) is 20.3 Å². The van der Waals surface area contributed by atoms with E-state index in [4.69, 9.17) is 23.5 Å². The van der Waals surface area contributed by atoms with Crippen LogP contribution in [0.5, 0.6) is 5.75 Å². The number of H-pyrrole nitrogens is 1. The van der Waals surface area contributed by atoms with Gasteiger partial charge in [0.25, 0.3) is 0 Å². The molecule has 3 N–H and O–H groups in total. The average molecular weight is 694 g/mol. The van der Waals surface area contributed by atoms with Crippen LogP contribution in [0.2, 0.25) is 0 Å². The number of nitrogens with zero attached hydrogens (tertiary/aromatic N) is 2. The lowest BCUT2D eigenvalue weighted by molar-refractivity contribution is -0.132. The fraction of sp³-hybridized carbons (Fsp3) is 0.333. The quantitative estimate of drug-likeness (QED) is 0.159. The van der Waals surface area contributed by atoms with Crippen LogP contribution < -0.4 is 15.4 Å². The van der Waals surface area contributed by atoms with Crippen LogP contribution in [-0.4, -0.2) is 32.9 Å². The van der Waals surface area contributed by atoms with E-state index < -0.39 is 23.6 Å². The highest BCUT2D eigenvalue weighted by molar-refractivity contribution is 6.07. The summed E-state index contributed by atoms with van der Waals surface area (Å²) in [6, 6.07) is 18.2. The zero-order valence-corrected chi connectivity index (χ0v) is 29.5. The molecule has 0 radical (unpaired) electrons. The second-order valence-electron chi connectivity index (χ2n) is 15.0. The number of nitrogens with one attached hydrogen (secondary N) is 3. The van der Waals surface area contributed by atoms with Crippen molar-refractivity contribution in [3.8, 4) is 39.8 Å². The molecule has 3 aromatic carbocycles. The molecule has 4 atom stereocenters. The van der Waals surface area contributed by atoms with Gasteiger partial charge in [0.15, 0.2) is 23.4 Å². The summed E-state index contributed by atoms with van der Waals surface area (Å²) in [7, 11) is 0. The summed E-state index contributed by atoms with van der Waals surface area (Å²) in [4.78, 5) is 41.3. The first-order valence-corrected chi connectivity index (χ1v) is 18.4. The Labute approximate surface area is 300 Å². The predicted octanol–water partition coefficient (Wildman–Crippen LogP) is 8.32. The summed E-state index contributed by atoms with van der Waals surface area (Å²) < 4.78 is 20.5. The van der Waals surface area contributed by atoms with Gasteiger partial charge < -0.3 is 29.2 Å². The number of ether oxygens (including phenoxy) is 1. The number of para-hydroxylation sites is 1. The van der Waals surface area contributed by atoms with Gasteiger partial charge in [-0.15, -0.1) is 0 Å². The van der Waals surface area contributed by atoms with Crippen molar-refractivity contribution < 1.29 is 23.2 Å². The van der Waals surface area contributed by atoms with Gasteiger partial charge in [0.05, 0.1) is 6.20 Å². The van der Waals surface area contributed by atoms with Crippen molar-refractivity contribution in [1.29, 1.82) is 0 Å². The molecule has 1 spiro atoms. The number of ketones is 1. The van der Waals surface area contributed by atoms with E-state index in [-0.39, 0.29) is 29.9 Å². The number of hydrogen-bond donors (Lipinski definition) is 3. The first kappa shape index (κ1) is 31.1. The highest BCUT2D eigenvalue weighted by atomic mass is 16.5. The Balaban J connectivity index is 1.28. The second kappa shape index (κ2) is 11.2. The molecule has 0 saturated carbocycles. The lowest BCUT2D eigenvalue weighted by Gasteiger charge is -2.28. The molecule has 4 aliphatic rings. The van der Waals surface area contributed by atoms with E-state index in [9.17, 15) is 9.59 Å². The summed E-state index contributed by atoms with van der Waals surface area (Å²) in [5.74, 6) is 1.69. The van der Waals surface area contributed by atoms with Crippen molar-refractivity contribution in [2.45, 2.75) is 71.1 Å². The fourth-order valence-electron chi connectivity index (χ4n) is 9.13. The number of anilines is 1. The maximum atomic E-state index is 14.3. The van der Waals surface area contributed by atoms with Crippen LogP contribution in [0.1, 0.15) is 81.3 Å². The molecule has 52 heavy (non-hydrogen) atoms. The number of oxazole rings is 2. The van der Waals surface area contributed by atoms with Gasteiger partial charge in [-0.2, -0.15) is 0 Å². The van der Waals surface area contributed by atoms with Crippen molar-refractivity contribution in [3.63, 3.8) is 0 Å². The van der Waals surface area contributed by atoms with Crippen molar-refractivity contribution in [3.05, 3.63) is 95.3 Å². The molecule has 7 heterocycles. The van der Waals surface area contributed by atoms with Gasteiger partial charge in [0.2, 0.25) is 17.7 Å². The Morgan fingerprint density at radius 3 is 2.63 bits per heavy atom. The van der Waals surface area contributed by atoms with Gasteiger partial charge in [0, 0.05) is 63.3 Å². The maximum Gasteiger partial charge on any atom is 0.249 e. The molecule has 0 saturated heterocycles. The van der Waals surface area contributed by atoms with Gasteiger partial charge in [-0.25, -0.2) is 9.97 Å². The van der Waals surface area contributed by atoms with Crippen LogP contribution in [0.15, 0.2) is 75.8 Å². The van der Waals surface area contributed by atoms with Crippen LogP contribution in [0.3, 0.4) is 0 Å². The topological polar surface area (TPSA) is 135 Å². The number of hydrogen-bond acceptors (Lipinski definition) is 8. The first-order chi connectivity index (χ1) is 25.3. The third kappa shape index (κ3) is 4.17. The molecule has 0 fully saturated rings. The molecule has 6 aromatic rings. The molecule has 10 heteroatoms. The monoisotopic (exact) mass is 693 g/mol. The van der Waals surface area contributed by atoms with Gasteiger partial charge >= 0.3 is 0 Å². The minimum absolute atomic E-state index is 0.0827. The van der Waals surface area contributed by atoms with Crippen molar-refractivity contribution in [2.75, 3.05) is 5.32 Å². The number of rotatable bonds is 6. The normalized spacial score (nSPS) is 22.0. The fourth-order valence-corrected chi connectivity index (χ4v) is 9.13. The Kier molecular flexibility index (Phi) is 6.69. The summed E-state index contributed by atoms with van der Waals surface area (Å²) in [5, 5.41) is 8.11. The highest BCUT2D eigenvalue weighted by Crippen LogP contribution is 2.61. The molecule has 4 aliphatic heterocycles. The molecule has 10 nitrogen and oxygen atoms in total. The second-order valence-corrected chi connectivity index (χ2v) is 15.0. The predicted molar refractivity (Wildman–Crippen MR) is 196 cm³/mol. The van der Waals surface area contributed by atoms with E-state index in [0.29, 0.717) is 41.2 Å². The van der Waals surface area contributed by atoms with E-state index in [1.807, 2.05) is 46.0 Å². The van der Waals surface area contributed by atoms with E-state index in [2.05, 4.69) is 58.1 Å². The summed E-state index contributed by atoms with van der Waals surface area (Å²) in [6.07, 6.45) is 5.16. The van der Waals surface area contributed by atoms with Gasteiger partial charge in [-0.3, -0.25) is 9.59 Å². The molecule has 10 rings (SSSR count). The number of fused-ring (bicyclic) bond motifs is 7. The number of carbonyl (C=O) groups excluding carboxylic acids is 2. The Bertz CT molecular complexity index is 2450.